The zero-order valence-corrected chi connectivity index (χ0v) is 18.6. The van der Waals surface area contributed by atoms with Crippen molar-refractivity contribution in [2.75, 3.05) is 19.7 Å². The van der Waals surface area contributed by atoms with Gasteiger partial charge in [-0.1, -0.05) is 23.7 Å². The van der Waals surface area contributed by atoms with Crippen molar-refractivity contribution < 1.29 is 27.2 Å². The number of ketones is 1. The summed E-state index contributed by atoms with van der Waals surface area (Å²) in [6, 6.07) is 15.7. The third-order valence-electron chi connectivity index (χ3n) is 5.16. The first kappa shape index (κ1) is 22.3. The second kappa shape index (κ2) is 9.28. The molecule has 166 valence electrons. The smallest absolute Gasteiger partial charge is 0.374 e. The zero-order chi connectivity index (χ0) is 22.7. The van der Waals surface area contributed by atoms with Gasteiger partial charge in [-0.05, 0) is 61.4 Å². The maximum atomic E-state index is 12.6. The van der Waals surface area contributed by atoms with Gasteiger partial charge in [0, 0.05) is 24.2 Å². The van der Waals surface area contributed by atoms with Crippen molar-refractivity contribution in [1.29, 1.82) is 0 Å². The largest absolute Gasteiger partial charge is 0.451 e. The van der Waals surface area contributed by atoms with Crippen LogP contribution in [0.25, 0.3) is 11.3 Å². The van der Waals surface area contributed by atoms with Crippen molar-refractivity contribution in [3.8, 4) is 11.3 Å². The van der Waals surface area contributed by atoms with E-state index in [-0.39, 0.29) is 16.2 Å². The number of nitrogens with zero attached hydrogens (tertiary/aromatic N) is 1. The molecule has 9 heteroatoms. The lowest BCUT2D eigenvalue weighted by molar-refractivity contribution is 0.0445. The van der Waals surface area contributed by atoms with Gasteiger partial charge in [-0.2, -0.15) is 4.31 Å². The molecule has 2 aromatic carbocycles. The van der Waals surface area contributed by atoms with Crippen LogP contribution in [-0.2, 0) is 14.8 Å². The van der Waals surface area contributed by atoms with E-state index < -0.39 is 28.4 Å². The molecule has 0 bridgehead atoms. The maximum absolute atomic E-state index is 12.6. The lowest BCUT2D eigenvalue weighted by Gasteiger charge is -2.15. The van der Waals surface area contributed by atoms with Crippen molar-refractivity contribution in [2.45, 2.75) is 17.7 Å². The minimum Gasteiger partial charge on any atom is -0.451 e. The number of carbonyl (C=O) groups excluding carboxylic acids is 2. The van der Waals surface area contributed by atoms with Crippen molar-refractivity contribution in [3.63, 3.8) is 0 Å². The highest BCUT2D eigenvalue weighted by molar-refractivity contribution is 7.89. The van der Waals surface area contributed by atoms with E-state index in [1.807, 2.05) is 0 Å². The number of esters is 1. The molecule has 0 radical (unpaired) electrons. The standard InChI is InChI=1S/C23H20ClNO6S/c24-19-6-2-1-5-18(19)21-11-12-22(31-21)23(27)30-15-20(26)16-7-9-17(10-8-16)32(28,29)25-13-3-4-14-25/h1-2,5-12H,3-4,13-15H2. The molecule has 0 unspecified atom stereocenters. The highest BCUT2D eigenvalue weighted by Crippen LogP contribution is 2.29. The van der Waals surface area contributed by atoms with Gasteiger partial charge in [0.05, 0.1) is 9.92 Å². The van der Waals surface area contributed by atoms with Gasteiger partial charge in [-0.15, -0.1) is 0 Å². The number of furan rings is 1. The first-order valence-electron chi connectivity index (χ1n) is 10.0. The molecular formula is C23H20ClNO6S. The molecule has 2 heterocycles. The Hall–Kier alpha value is -2.94. The SMILES string of the molecule is O=C(COC(=O)c1ccc(-c2ccccc2Cl)o1)c1ccc(S(=O)(=O)N2CCCC2)cc1. The Morgan fingerprint density at radius 3 is 2.34 bits per heavy atom. The Balaban J connectivity index is 1.38. The Morgan fingerprint density at radius 1 is 0.969 bits per heavy atom. The quantitative estimate of drug-likeness (QED) is 0.372. The van der Waals surface area contributed by atoms with E-state index >= 15 is 0 Å². The number of carbonyl (C=O) groups is 2. The van der Waals surface area contributed by atoms with Gasteiger partial charge in [0.2, 0.25) is 15.8 Å². The fourth-order valence-corrected chi connectivity index (χ4v) is 5.18. The molecule has 32 heavy (non-hydrogen) atoms. The zero-order valence-electron chi connectivity index (χ0n) is 17.0. The average Bonchev–Trinajstić information content (AvgIpc) is 3.50. The molecule has 1 aliphatic rings. The monoisotopic (exact) mass is 473 g/mol. The highest BCUT2D eigenvalue weighted by Gasteiger charge is 2.27. The van der Waals surface area contributed by atoms with E-state index in [9.17, 15) is 18.0 Å². The second-order valence-electron chi connectivity index (χ2n) is 7.28. The first-order valence-corrected chi connectivity index (χ1v) is 11.8. The van der Waals surface area contributed by atoms with Gasteiger partial charge in [-0.25, -0.2) is 13.2 Å². The molecule has 0 aliphatic carbocycles. The van der Waals surface area contributed by atoms with Gasteiger partial charge >= 0.3 is 5.97 Å². The van der Waals surface area contributed by atoms with Crippen LogP contribution < -0.4 is 0 Å². The molecule has 0 saturated carbocycles. The third kappa shape index (κ3) is 4.62. The van der Waals surface area contributed by atoms with Gasteiger partial charge in [-0.3, -0.25) is 4.79 Å². The molecule has 1 fully saturated rings. The van der Waals surface area contributed by atoms with E-state index in [0.717, 1.165) is 12.8 Å². The number of sulfonamides is 1. The van der Waals surface area contributed by atoms with E-state index in [4.69, 9.17) is 20.8 Å². The van der Waals surface area contributed by atoms with Crippen LogP contribution in [0.1, 0.15) is 33.8 Å². The molecule has 4 rings (SSSR count). The van der Waals surface area contributed by atoms with Gasteiger partial charge < -0.3 is 9.15 Å². The predicted octanol–water partition coefficient (Wildman–Crippen LogP) is 4.42. The van der Waals surface area contributed by atoms with E-state index in [1.54, 1.807) is 30.3 Å². The van der Waals surface area contributed by atoms with Crippen LogP contribution in [0.4, 0.5) is 0 Å². The molecule has 1 aromatic heterocycles. The Bertz CT molecular complexity index is 1240. The summed E-state index contributed by atoms with van der Waals surface area (Å²) in [4.78, 5) is 24.8. The van der Waals surface area contributed by atoms with E-state index in [1.165, 1.54) is 34.6 Å². The number of benzene rings is 2. The summed E-state index contributed by atoms with van der Waals surface area (Å²) in [5.74, 6) is -0.894. The third-order valence-corrected chi connectivity index (χ3v) is 7.40. The van der Waals surface area contributed by atoms with Crippen LogP contribution >= 0.6 is 11.6 Å². The summed E-state index contributed by atoms with van der Waals surface area (Å²) in [5.41, 5.74) is 0.877. The number of rotatable bonds is 7. The number of halogens is 1. The molecular weight excluding hydrogens is 454 g/mol. The summed E-state index contributed by atoms with van der Waals surface area (Å²) in [6.07, 6.45) is 1.69. The van der Waals surface area contributed by atoms with Crippen LogP contribution in [0.15, 0.2) is 70.0 Å². The first-order chi connectivity index (χ1) is 15.4. The van der Waals surface area contributed by atoms with Crippen LogP contribution in [0.2, 0.25) is 5.02 Å². The second-order valence-corrected chi connectivity index (χ2v) is 9.62. The van der Waals surface area contributed by atoms with E-state index in [2.05, 4.69) is 0 Å². The molecule has 0 spiro atoms. The fourth-order valence-electron chi connectivity index (χ4n) is 3.43. The van der Waals surface area contributed by atoms with Gasteiger partial charge in [0.15, 0.2) is 12.4 Å². The van der Waals surface area contributed by atoms with Gasteiger partial charge in [0.1, 0.15) is 5.76 Å². The molecule has 0 atom stereocenters. The van der Waals surface area contributed by atoms with E-state index in [0.29, 0.717) is 29.4 Å². The molecule has 1 saturated heterocycles. The number of ether oxygens (including phenoxy) is 1. The minimum atomic E-state index is -3.55. The van der Waals surface area contributed by atoms with Crippen LogP contribution in [-0.4, -0.2) is 44.2 Å². The van der Waals surface area contributed by atoms with Crippen LogP contribution in [0.3, 0.4) is 0 Å². The van der Waals surface area contributed by atoms with Crippen molar-refractivity contribution in [1.82, 2.24) is 4.31 Å². The Labute approximate surface area is 190 Å². The number of hydrogen-bond acceptors (Lipinski definition) is 6. The predicted molar refractivity (Wildman–Crippen MR) is 118 cm³/mol. The summed E-state index contributed by atoms with van der Waals surface area (Å²) < 4.78 is 37.1. The molecule has 0 N–H and O–H groups in total. The molecule has 3 aromatic rings. The lowest BCUT2D eigenvalue weighted by Crippen LogP contribution is -2.27. The number of hydrogen-bond donors (Lipinski definition) is 0. The summed E-state index contributed by atoms with van der Waals surface area (Å²) in [6.45, 7) is 0.507. The fraction of sp³-hybridized carbons (Fsp3) is 0.217. The Morgan fingerprint density at radius 2 is 1.66 bits per heavy atom. The highest BCUT2D eigenvalue weighted by atomic mass is 35.5. The van der Waals surface area contributed by atoms with Crippen molar-refractivity contribution in [3.05, 3.63) is 77.0 Å². The van der Waals surface area contributed by atoms with Crippen molar-refractivity contribution >= 4 is 33.4 Å². The summed E-state index contributed by atoms with van der Waals surface area (Å²) >= 11 is 6.13. The van der Waals surface area contributed by atoms with Crippen LogP contribution in [0.5, 0.6) is 0 Å². The molecule has 0 amide bonds. The van der Waals surface area contributed by atoms with Gasteiger partial charge in [0.25, 0.3) is 0 Å². The Kier molecular flexibility index (Phi) is 6.45. The summed E-state index contributed by atoms with van der Waals surface area (Å²) in [5, 5.41) is 0.479. The summed E-state index contributed by atoms with van der Waals surface area (Å²) in [7, 11) is -3.55. The topological polar surface area (TPSA) is 93.9 Å². The average molecular weight is 474 g/mol. The number of Topliss-reactive ketones (excluding diaryl/α,β-unsaturated/α-hetero) is 1. The van der Waals surface area contributed by atoms with Crippen molar-refractivity contribution in [2.24, 2.45) is 0 Å². The lowest BCUT2D eigenvalue weighted by atomic mass is 10.1. The van der Waals surface area contributed by atoms with Crippen LogP contribution in [0, 0.1) is 0 Å². The molecule has 7 nitrogen and oxygen atoms in total. The maximum Gasteiger partial charge on any atom is 0.374 e. The minimum absolute atomic E-state index is 0.0558. The molecule has 1 aliphatic heterocycles. The normalized spacial score (nSPS) is 14.4.